The van der Waals surface area contributed by atoms with Gasteiger partial charge in [-0.3, -0.25) is 4.79 Å². The molecule has 104 valence electrons. The summed E-state index contributed by atoms with van der Waals surface area (Å²) < 4.78 is 0. The number of carboxylic acids is 1. The van der Waals surface area contributed by atoms with Gasteiger partial charge in [0, 0.05) is 18.6 Å². The van der Waals surface area contributed by atoms with E-state index in [1.54, 1.807) is 4.90 Å². The van der Waals surface area contributed by atoms with Crippen molar-refractivity contribution in [3.8, 4) is 0 Å². The first-order valence-electron chi connectivity index (χ1n) is 6.41. The second kappa shape index (κ2) is 6.58. The van der Waals surface area contributed by atoms with Crippen LogP contribution in [-0.4, -0.2) is 63.8 Å². The van der Waals surface area contributed by atoms with Gasteiger partial charge in [-0.05, 0) is 26.2 Å². The molecule has 1 fully saturated rings. The van der Waals surface area contributed by atoms with E-state index < -0.39 is 5.97 Å². The van der Waals surface area contributed by atoms with Gasteiger partial charge in [0.2, 0.25) is 0 Å². The summed E-state index contributed by atoms with van der Waals surface area (Å²) in [6, 6.07) is -0.221. The summed E-state index contributed by atoms with van der Waals surface area (Å²) in [7, 11) is 0. The van der Waals surface area contributed by atoms with Gasteiger partial charge in [-0.1, -0.05) is 6.92 Å². The summed E-state index contributed by atoms with van der Waals surface area (Å²) in [5.41, 5.74) is 0. The van der Waals surface area contributed by atoms with Gasteiger partial charge < -0.3 is 20.0 Å². The first-order valence-corrected chi connectivity index (χ1v) is 6.41. The van der Waals surface area contributed by atoms with Crippen LogP contribution < -0.4 is 0 Å². The highest BCUT2D eigenvalue weighted by atomic mass is 16.4. The van der Waals surface area contributed by atoms with E-state index in [2.05, 4.69) is 0 Å². The molecule has 0 aromatic carbocycles. The second-order valence-corrected chi connectivity index (χ2v) is 4.71. The Morgan fingerprint density at radius 2 is 2.00 bits per heavy atom. The number of aliphatic hydroxyl groups is 1. The maximum Gasteiger partial charge on any atom is 0.323 e. The lowest BCUT2D eigenvalue weighted by atomic mass is 10.2. The topological polar surface area (TPSA) is 81.1 Å². The molecular formula is C12H22N2O4. The Bertz CT molecular complexity index is 304. The third-order valence-corrected chi connectivity index (χ3v) is 3.25. The van der Waals surface area contributed by atoms with Gasteiger partial charge in [0.15, 0.2) is 0 Å². The fraction of sp³-hybridized carbons (Fsp3) is 0.833. The number of carbonyl (C=O) groups excluding carboxylic acids is 1. The zero-order valence-electron chi connectivity index (χ0n) is 11.0. The van der Waals surface area contributed by atoms with Crippen LogP contribution in [0.25, 0.3) is 0 Å². The highest BCUT2D eigenvalue weighted by Crippen LogP contribution is 2.28. The molecule has 6 heteroatoms. The molecule has 0 aromatic rings. The Kier molecular flexibility index (Phi) is 5.40. The first kappa shape index (κ1) is 14.8. The smallest absolute Gasteiger partial charge is 0.323 e. The summed E-state index contributed by atoms with van der Waals surface area (Å²) in [6.45, 7) is 3.65. The van der Waals surface area contributed by atoms with Crippen molar-refractivity contribution in [2.75, 3.05) is 19.7 Å². The molecule has 0 saturated heterocycles. The number of nitrogens with zero attached hydrogens (tertiary/aromatic N) is 2. The Morgan fingerprint density at radius 1 is 1.39 bits per heavy atom. The minimum absolute atomic E-state index is 0.0936. The van der Waals surface area contributed by atoms with E-state index in [4.69, 9.17) is 10.2 Å². The quantitative estimate of drug-likeness (QED) is 0.706. The predicted molar refractivity (Wildman–Crippen MR) is 66.3 cm³/mol. The standard InChI is InChI=1S/C12H22N2O4/c1-3-9(2)14(8-11(16)17)12(18)13(6-7-15)10-4-5-10/h9-10,15H,3-8H2,1-2H3,(H,16,17). The lowest BCUT2D eigenvalue weighted by Gasteiger charge is -2.33. The number of hydrogen-bond donors (Lipinski definition) is 2. The molecule has 0 spiro atoms. The van der Waals surface area contributed by atoms with Crippen LogP contribution in [0.1, 0.15) is 33.1 Å². The van der Waals surface area contributed by atoms with Crippen LogP contribution in [0, 0.1) is 0 Å². The fourth-order valence-electron chi connectivity index (χ4n) is 1.87. The molecule has 0 aromatic heterocycles. The lowest BCUT2D eigenvalue weighted by molar-refractivity contribution is -0.138. The van der Waals surface area contributed by atoms with Crippen molar-refractivity contribution in [1.29, 1.82) is 0 Å². The molecular weight excluding hydrogens is 236 g/mol. The van der Waals surface area contributed by atoms with Crippen molar-refractivity contribution in [1.82, 2.24) is 9.80 Å². The van der Waals surface area contributed by atoms with E-state index in [-0.39, 0.29) is 37.8 Å². The third kappa shape index (κ3) is 3.87. The molecule has 1 atom stereocenters. The monoisotopic (exact) mass is 258 g/mol. The third-order valence-electron chi connectivity index (χ3n) is 3.25. The normalized spacial score (nSPS) is 16.2. The highest BCUT2D eigenvalue weighted by Gasteiger charge is 2.36. The number of rotatable bonds is 7. The predicted octanol–water partition coefficient (Wildman–Crippen LogP) is 0.748. The van der Waals surface area contributed by atoms with E-state index >= 15 is 0 Å². The largest absolute Gasteiger partial charge is 0.480 e. The fourth-order valence-corrected chi connectivity index (χ4v) is 1.87. The molecule has 1 saturated carbocycles. The maximum absolute atomic E-state index is 12.3. The minimum Gasteiger partial charge on any atom is -0.480 e. The zero-order chi connectivity index (χ0) is 13.7. The Morgan fingerprint density at radius 3 is 2.39 bits per heavy atom. The molecule has 0 heterocycles. The van der Waals surface area contributed by atoms with Crippen molar-refractivity contribution in [2.45, 2.75) is 45.2 Å². The van der Waals surface area contributed by atoms with Gasteiger partial charge in [-0.15, -0.1) is 0 Å². The second-order valence-electron chi connectivity index (χ2n) is 4.71. The number of urea groups is 1. The van der Waals surface area contributed by atoms with Crippen molar-refractivity contribution in [3.05, 3.63) is 0 Å². The number of carbonyl (C=O) groups is 2. The van der Waals surface area contributed by atoms with Crippen LogP contribution in [0.5, 0.6) is 0 Å². The summed E-state index contributed by atoms with van der Waals surface area (Å²) in [5.74, 6) is -1.01. The average Bonchev–Trinajstić information content (AvgIpc) is 3.15. The summed E-state index contributed by atoms with van der Waals surface area (Å²) >= 11 is 0. The number of aliphatic carboxylic acids is 1. The Hall–Kier alpha value is -1.30. The molecule has 1 unspecified atom stereocenters. The molecule has 6 nitrogen and oxygen atoms in total. The van der Waals surface area contributed by atoms with Crippen LogP contribution >= 0.6 is 0 Å². The van der Waals surface area contributed by atoms with Crippen LogP contribution in [-0.2, 0) is 4.79 Å². The molecule has 1 aliphatic rings. The molecule has 18 heavy (non-hydrogen) atoms. The Labute approximate surface area is 107 Å². The van der Waals surface area contributed by atoms with E-state index in [0.717, 1.165) is 12.8 Å². The molecule has 1 aliphatic carbocycles. The van der Waals surface area contributed by atoms with Crippen LogP contribution in [0.15, 0.2) is 0 Å². The average molecular weight is 258 g/mol. The number of aliphatic hydroxyl groups excluding tert-OH is 1. The maximum atomic E-state index is 12.3. The van der Waals surface area contributed by atoms with E-state index in [1.165, 1.54) is 4.90 Å². The van der Waals surface area contributed by atoms with Crippen molar-refractivity contribution >= 4 is 12.0 Å². The van der Waals surface area contributed by atoms with Gasteiger partial charge in [0.1, 0.15) is 6.54 Å². The van der Waals surface area contributed by atoms with Crippen molar-refractivity contribution in [3.63, 3.8) is 0 Å². The zero-order valence-corrected chi connectivity index (χ0v) is 11.0. The number of amides is 2. The summed E-state index contributed by atoms with van der Waals surface area (Å²) in [5, 5.41) is 17.9. The van der Waals surface area contributed by atoms with Crippen molar-refractivity contribution < 1.29 is 19.8 Å². The van der Waals surface area contributed by atoms with Crippen molar-refractivity contribution in [2.24, 2.45) is 0 Å². The van der Waals surface area contributed by atoms with Crippen LogP contribution in [0.2, 0.25) is 0 Å². The van der Waals surface area contributed by atoms with Gasteiger partial charge in [0.25, 0.3) is 0 Å². The van der Waals surface area contributed by atoms with Gasteiger partial charge in [0.05, 0.1) is 6.61 Å². The first-order chi connectivity index (χ1) is 8.51. The minimum atomic E-state index is -1.01. The summed E-state index contributed by atoms with van der Waals surface area (Å²) in [6.07, 6.45) is 2.58. The van der Waals surface area contributed by atoms with Gasteiger partial charge in [-0.25, -0.2) is 4.79 Å². The number of hydrogen-bond acceptors (Lipinski definition) is 3. The van der Waals surface area contributed by atoms with Gasteiger partial charge >= 0.3 is 12.0 Å². The van der Waals surface area contributed by atoms with E-state index in [9.17, 15) is 9.59 Å². The van der Waals surface area contributed by atoms with E-state index in [0.29, 0.717) is 6.42 Å². The lowest BCUT2D eigenvalue weighted by Crippen LogP contribution is -2.50. The summed E-state index contributed by atoms with van der Waals surface area (Å²) in [4.78, 5) is 26.1. The molecule has 2 N–H and O–H groups in total. The molecule has 2 amide bonds. The molecule has 0 bridgehead atoms. The molecule has 0 radical (unpaired) electrons. The van der Waals surface area contributed by atoms with E-state index in [1.807, 2.05) is 13.8 Å². The Balaban J connectivity index is 2.74. The van der Waals surface area contributed by atoms with Gasteiger partial charge in [-0.2, -0.15) is 0 Å². The van der Waals surface area contributed by atoms with Crippen LogP contribution in [0.4, 0.5) is 4.79 Å². The van der Waals surface area contributed by atoms with Crippen LogP contribution in [0.3, 0.4) is 0 Å². The molecule has 1 rings (SSSR count). The molecule has 0 aliphatic heterocycles. The SMILES string of the molecule is CCC(C)N(CC(=O)O)C(=O)N(CCO)C1CC1. The highest BCUT2D eigenvalue weighted by molar-refractivity contribution is 5.81. The number of carboxylic acid groups (broad SMARTS) is 1.